The van der Waals surface area contributed by atoms with E-state index in [4.69, 9.17) is 15.9 Å². The van der Waals surface area contributed by atoms with Crippen molar-refractivity contribution in [3.63, 3.8) is 0 Å². The minimum absolute atomic E-state index is 0.0118. The van der Waals surface area contributed by atoms with E-state index in [1.54, 1.807) is 25.1 Å². The first-order valence-corrected chi connectivity index (χ1v) is 16.9. The molecule has 3 atom stereocenters. The Morgan fingerprint density at radius 1 is 1.07 bits per heavy atom. The molecule has 2 aromatic rings. The van der Waals surface area contributed by atoms with Gasteiger partial charge in [-0.05, 0) is 68.0 Å². The SMILES string of the molecule is CCOC(=O)CN(C(=O)[C@H](CC(=O)NCC1CCCN[C@@H]1C(=N)N)NS(=O)(=O)c1ccc2ccccc2c1)C1CCCCC1. The van der Waals surface area contributed by atoms with Gasteiger partial charge in [-0.3, -0.25) is 19.8 Å². The second-order valence-electron chi connectivity index (χ2n) is 11.5. The van der Waals surface area contributed by atoms with Crippen LogP contribution < -0.4 is 21.1 Å². The van der Waals surface area contributed by atoms with E-state index < -0.39 is 40.3 Å². The number of fused-ring (bicyclic) bond motifs is 1. The zero-order valence-electron chi connectivity index (χ0n) is 25.2. The fraction of sp³-hybridized carbons (Fsp3) is 0.548. The number of rotatable bonds is 13. The molecule has 2 amide bonds. The first kappa shape index (κ1) is 33.3. The normalized spacial score (nSPS) is 20.0. The molecule has 6 N–H and O–H groups in total. The first-order chi connectivity index (χ1) is 21.1. The summed E-state index contributed by atoms with van der Waals surface area (Å²) in [6.45, 7) is 2.42. The van der Waals surface area contributed by atoms with Crippen LogP contribution in [-0.4, -0.2) is 81.3 Å². The molecule has 1 aliphatic heterocycles. The highest BCUT2D eigenvalue weighted by atomic mass is 32.2. The number of nitrogens with zero attached hydrogens (tertiary/aromatic N) is 1. The molecule has 4 rings (SSSR count). The second-order valence-corrected chi connectivity index (χ2v) is 13.3. The Labute approximate surface area is 259 Å². The standard InChI is InChI=1S/C31H44N6O6S/c1-2-43-28(39)20-37(24-12-4-3-5-13-24)31(40)26(18-27(38)35-19-23-11-8-16-34-29(23)30(32)33)36-44(41,42)25-15-14-21-9-6-7-10-22(21)17-25/h6-7,9-10,14-15,17,23-24,26,29,34,36H,2-5,8,11-13,16,18-20H2,1H3,(H3,32,33)(H,35,38)/t23?,26-,29-/m0/s1. The van der Waals surface area contributed by atoms with E-state index in [1.807, 2.05) is 12.1 Å². The Hall–Kier alpha value is -3.55. The largest absolute Gasteiger partial charge is 0.465 e. The van der Waals surface area contributed by atoms with Crippen LogP contribution in [0.5, 0.6) is 0 Å². The van der Waals surface area contributed by atoms with Crippen LogP contribution in [0, 0.1) is 11.3 Å². The smallest absolute Gasteiger partial charge is 0.325 e. The van der Waals surface area contributed by atoms with Crippen LogP contribution in [-0.2, 0) is 29.1 Å². The van der Waals surface area contributed by atoms with E-state index in [-0.39, 0.29) is 48.4 Å². The molecule has 44 heavy (non-hydrogen) atoms. The Morgan fingerprint density at radius 3 is 2.50 bits per heavy atom. The lowest BCUT2D eigenvalue weighted by atomic mass is 9.90. The van der Waals surface area contributed by atoms with Gasteiger partial charge in [0, 0.05) is 12.6 Å². The van der Waals surface area contributed by atoms with Crippen LogP contribution >= 0.6 is 0 Å². The number of nitrogens with two attached hydrogens (primary N) is 1. The van der Waals surface area contributed by atoms with Gasteiger partial charge in [-0.15, -0.1) is 0 Å². The van der Waals surface area contributed by atoms with Crippen LogP contribution in [0.2, 0.25) is 0 Å². The van der Waals surface area contributed by atoms with Crippen molar-refractivity contribution in [2.45, 2.75) is 81.3 Å². The van der Waals surface area contributed by atoms with E-state index in [0.29, 0.717) is 18.2 Å². The monoisotopic (exact) mass is 628 g/mol. The molecule has 240 valence electrons. The molecule has 0 aromatic heterocycles. The summed E-state index contributed by atoms with van der Waals surface area (Å²) in [5, 5.41) is 15.5. The number of amidine groups is 1. The van der Waals surface area contributed by atoms with Crippen LogP contribution in [0.1, 0.15) is 58.3 Å². The van der Waals surface area contributed by atoms with Crippen molar-refractivity contribution in [3.05, 3.63) is 42.5 Å². The van der Waals surface area contributed by atoms with Gasteiger partial charge in [0.1, 0.15) is 18.4 Å². The van der Waals surface area contributed by atoms with Crippen LogP contribution in [0.3, 0.4) is 0 Å². The Bertz CT molecular complexity index is 1440. The molecule has 1 unspecified atom stereocenters. The molecule has 2 fully saturated rings. The van der Waals surface area contributed by atoms with Crippen molar-refractivity contribution in [1.82, 2.24) is 20.3 Å². The van der Waals surface area contributed by atoms with Gasteiger partial charge in [0.2, 0.25) is 21.8 Å². The highest BCUT2D eigenvalue weighted by Gasteiger charge is 2.36. The third-order valence-electron chi connectivity index (χ3n) is 8.40. The molecule has 1 saturated heterocycles. The number of nitrogens with one attached hydrogen (secondary N) is 4. The lowest BCUT2D eigenvalue weighted by Gasteiger charge is -2.36. The molecule has 2 aromatic carbocycles. The van der Waals surface area contributed by atoms with E-state index in [9.17, 15) is 22.8 Å². The van der Waals surface area contributed by atoms with E-state index in [1.165, 1.54) is 17.0 Å². The average Bonchev–Trinajstić information content (AvgIpc) is 3.02. The minimum Gasteiger partial charge on any atom is -0.465 e. The maximum atomic E-state index is 14.1. The fourth-order valence-corrected chi connectivity index (χ4v) is 7.36. The zero-order chi connectivity index (χ0) is 31.7. The molecule has 0 spiro atoms. The highest BCUT2D eigenvalue weighted by molar-refractivity contribution is 7.89. The van der Waals surface area contributed by atoms with Crippen molar-refractivity contribution < 1.29 is 27.5 Å². The topological polar surface area (TPSA) is 184 Å². The van der Waals surface area contributed by atoms with Crippen molar-refractivity contribution in [2.75, 3.05) is 26.2 Å². The number of hydrogen-bond donors (Lipinski definition) is 5. The lowest BCUT2D eigenvalue weighted by Crippen LogP contribution is -2.55. The van der Waals surface area contributed by atoms with Crippen molar-refractivity contribution in [1.29, 1.82) is 5.41 Å². The van der Waals surface area contributed by atoms with E-state index in [2.05, 4.69) is 15.4 Å². The predicted molar refractivity (Wildman–Crippen MR) is 167 cm³/mol. The van der Waals surface area contributed by atoms with Gasteiger partial charge in [0.25, 0.3) is 0 Å². The van der Waals surface area contributed by atoms with Gasteiger partial charge in [-0.1, -0.05) is 49.6 Å². The maximum Gasteiger partial charge on any atom is 0.325 e. The van der Waals surface area contributed by atoms with Crippen LogP contribution in [0.4, 0.5) is 0 Å². The van der Waals surface area contributed by atoms with Gasteiger partial charge >= 0.3 is 5.97 Å². The van der Waals surface area contributed by atoms with Crippen LogP contribution in [0.25, 0.3) is 10.8 Å². The molecule has 0 bridgehead atoms. The number of ether oxygens (including phenoxy) is 1. The number of esters is 1. The predicted octanol–water partition coefficient (Wildman–Crippen LogP) is 2.02. The fourth-order valence-electron chi connectivity index (χ4n) is 6.14. The Morgan fingerprint density at radius 2 is 1.80 bits per heavy atom. The van der Waals surface area contributed by atoms with Gasteiger partial charge in [0.05, 0.1) is 24.0 Å². The summed E-state index contributed by atoms with van der Waals surface area (Å²) in [6.07, 6.45) is 5.24. The number of carbonyl (C=O) groups is 3. The van der Waals surface area contributed by atoms with E-state index >= 15 is 0 Å². The molecule has 0 radical (unpaired) electrons. The Kier molecular flexibility index (Phi) is 11.7. The third kappa shape index (κ3) is 8.76. The van der Waals surface area contributed by atoms with Crippen molar-refractivity contribution >= 4 is 44.4 Å². The molecule has 13 heteroatoms. The van der Waals surface area contributed by atoms with Gasteiger partial charge < -0.3 is 26.0 Å². The number of amides is 2. The maximum absolute atomic E-state index is 14.1. The number of piperidine rings is 1. The average molecular weight is 629 g/mol. The number of sulfonamides is 1. The zero-order valence-corrected chi connectivity index (χ0v) is 26.0. The van der Waals surface area contributed by atoms with Crippen LogP contribution in [0.15, 0.2) is 47.4 Å². The van der Waals surface area contributed by atoms with Gasteiger partial charge in [-0.25, -0.2) is 8.42 Å². The van der Waals surface area contributed by atoms with Gasteiger partial charge in [0.15, 0.2) is 0 Å². The van der Waals surface area contributed by atoms with Crippen molar-refractivity contribution in [2.24, 2.45) is 11.7 Å². The summed E-state index contributed by atoms with van der Waals surface area (Å²) < 4.78 is 35.0. The summed E-state index contributed by atoms with van der Waals surface area (Å²) in [5.74, 6) is -1.90. The molecule has 1 saturated carbocycles. The second kappa shape index (κ2) is 15.4. The minimum atomic E-state index is -4.25. The molecule has 2 aliphatic rings. The summed E-state index contributed by atoms with van der Waals surface area (Å²) >= 11 is 0. The lowest BCUT2D eigenvalue weighted by molar-refractivity contribution is -0.151. The van der Waals surface area contributed by atoms with Gasteiger partial charge in [-0.2, -0.15) is 4.72 Å². The third-order valence-corrected chi connectivity index (χ3v) is 9.87. The number of hydrogen-bond acceptors (Lipinski definition) is 8. The molecule has 1 aliphatic carbocycles. The highest BCUT2D eigenvalue weighted by Crippen LogP contribution is 2.25. The number of carbonyl (C=O) groups excluding carboxylic acids is 3. The molecule has 12 nitrogen and oxygen atoms in total. The summed E-state index contributed by atoms with van der Waals surface area (Å²) in [7, 11) is -4.25. The first-order valence-electron chi connectivity index (χ1n) is 15.4. The molecule has 1 heterocycles. The molecular weight excluding hydrogens is 584 g/mol. The quantitative estimate of drug-likeness (QED) is 0.127. The van der Waals surface area contributed by atoms with Crippen molar-refractivity contribution in [3.8, 4) is 0 Å². The molecular formula is C31H44N6O6S. The van der Waals surface area contributed by atoms with E-state index in [0.717, 1.165) is 44.0 Å². The number of benzene rings is 2. The summed E-state index contributed by atoms with van der Waals surface area (Å²) in [5.41, 5.74) is 5.75. The Balaban J connectivity index is 1.59. The summed E-state index contributed by atoms with van der Waals surface area (Å²) in [4.78, 5) is 41.3. The summed E-state index contributed by atoms with van der Waals surface area (Å²) in [6, 6.07) is 9.88.